The van der Waals surface area contributed by atoms with Crippen LogP contribution in [0.4, 0.5) is 79.0 Å². The number of halogens is 18. The summed E-state index contributed by atoms with van der Waals surface area (Å²) in [4.78, 5) is 0. The van der Waals surface area contributed by atoms with Crippen LogP contribution in [-0.2, 0) is 0 Å². The molecule has 0 unspecified atom stereocenters. The Morgan fingerprint density at radius 2 is 0.333 bits per heavy atom. The molecule has 0 aromatic heterocycles. The Hall–Kier alpha value is 0.615. The van der Waals surface area contributed by atoms with Crippen molar-refractivity contribution in [3.8, 4) is 0 Å². The predicted octanol–water partition coefficient (Wildman–Crippen LogP) is 5.19. The second-order valence-corrected chi connectivity index (χ2v) is 14.0. The van der Waals surface area contributed by atoms with Gasteiger partial charge in [-0.2, -0.15) is 0 Å². The van der Waals surface area contributed by atoms with Crippen LogP contribution in [0.5, 0.6) is 0 Å². The van der Waals surface area contributed by atoms with Crippen molar-refractivity contribution in [1.82, 2.24) is 0 Å². The van der Waals surface area contributed by atoms with Crippen molar-refractivity contribution in [2.24, 2.45) is 0 Å². The van der Waals surface area contributed by atoms with Gasteiger partial charge < -0.3 is 0 Å². The van der Waals surface area contributed by atoms with Crippen molar-refractivity contribution in [1.29, 1.82) is 0 Å². The Balaban J connectivity index is -0.000000411. The number of rotatable bonds is 0. The first-order valence-electron chi connectivity index (χ1n) is 4.90. The van der Waals surface area contributed by atoms with Crippen LogP contribution in [0.1, 0.15) is 0 Å². The topological polar surface area (TPSA) is 0 Å². The standard InChI is InChI=1S/2C3F9Ge.Te/c2*4-1(5,6)13(2(7,8)9)3(10,11)12;. The zero-order valence-electron chi connectivity index (χ0n) is 11.2. The van der Waals surface area contributed by atoms with E-state index >= 15 is 0 Å². The fourth-order valence-electron chi connectivity index (χ4n) is 0.964. The third-order valence-electron chi connectivity index (χ3n) is 1.70. The van der Waals surface area contributed by atoms with E-state index in [0.29, 0.717) is 0 Å². The molecule has 0 N–H and O–H groups in total. The van der Waals surface area contributed by atoms with Crippen LogP contribution in [0.2, 0.25) is 0 Å². The van der Waals surface area contributed by atoms with Crippen molar-refractivity contribution in [2.75, 3.05) is 0 Å². The zero-order valence-corrected chi connectivity index (χ0v) is 17.7. The van der Waals surface area contributed by atoms with Gasteiger partial charge in [-0.3, -0.25) is 0 Å². The van der Waals surface area contributed by atoms with Gasteiger partial charge in [-0.15, -0.1) is 0 Å². The molecular formula is C6F18Ge2Te. The van der Waals surface area contributed by atoms with Gasteiger partial charge in [0.1, 0.15) is 0 Å². The summed E-state index contributed by atoms with van der Waals surface area (Å²) in [6.07, 6.45) is 0. The fourth-order valence-corrected chi connectivity index (χ4v) is 5.01. The molecule has 0 aliphatic rings. The second kappa shape index (κ2) is 9.62. The molecule has 0 spiro atoms. The Morgan fingerprint density at radius 1 is 0.259 bits per heavy atom. The van der Waals surface area contributed by atoms with Gasteiger partial charge in [-0.1, -0.05) is 0 Å². The minimum absolute atomic E-state index is 0. The van der Waals surface area contributed by atoms with Crippen molar-refractivity contribution in [3.05, 3.63) is 0 Å². The van der Waals surface area contributed by atoms with Gasteiger partial charge in [0.25, 0.3) is 0 Å². The Bertz CT molecular complexity index is 323. The predicted molar refractivity (Wildman–Crippen MR) is 53.6 cm³/mol. The minimum atomic E-state index is -7.10. The quantitative estimate of drug-likeness (QED) is 0.243. The summed E-state index contributed by atoms with van der Waals surface area (Å²) < 4.78 is 204. The Labute approximate surface area is 161 Å². The molecule has 21 heteroatoms. The largest absolute Gasteiger partial charge is 0 e. The van der Waals surface area contributed by atoms with Gasteiger partial charge in [-0.25, -0.2) is 0 Å². The molecule has 27 heavy (non-hydrogen) atoms. The van der Waals surface area contributed by atoms with Gasteiger partial charge >= 0.3 is 138 Å². The fraction of sp³-hybridized carbons (Fsp3) is 1.00. The van der Waals surface area contributed by atoms with Crippen LogP contribution < -0.4 is 0 Å². The van der Waals surface area contributed by atoms with E-state index < -0.39 is 58.8 Å². The van der Waals surface area contributed by atoms with Gasteiger partial charge in [-0.05, 0) is 0 Å². The van der Waals surface area contributed by atoms with Gasteiger partial charge in [0.15, 0.2) is 0 Å². The van der Waals surface area contributed by atoms with E-state index in [1.165, 1.54) is 0 Å². The van der Waals surface area contributed by atoms with Crippen molar-refractivity contribution in [2.45, 2.75) is 30.1 Å². The molecule has 0 aromatic carbocycles. The average molecular weight is 687 g/mol. The van der Waals surface area contributed by atoms with Crippen molar-refractivity contribution < 1.29 is 79.0 Å². The van der Waals surface area contributed by atoms with Crippen LogP contribution in [0.15, 0.2) is 0 Å². The monoisotopic (exact) mass is 692 g/mol. The van der Waals surface area contributed by atoms with E-state index in [4.69, 9.17) is 0 Å². The smallest absolute Gasteiger partial charge is 0 e. The van der Waals surface area contributed by atoms with Gasteiger partial charge in [0, 0.05) is 23.7 Å². The van der Waals surface area contributed by atoms with Crippen LogP contribution in [0.3, 0.4) is 0 Å². The molecule has 0 saturated heterocycles. The summed E-state index contributed by atoms with van der Waals surface area (Å²) in [7, 11) is 0. The molecule has 0 nitrogen and oxygen atoms in total. The van der Waals surface area contributed by atoms with E-state index in [1.54, 1.807) is 0 Å². The van der Waals surface area contributed by atoms with E-state index in [9.17, 15) is 79.0 Å². The first-order valence-corrected chi connectivity index (χ1v) is 11.2. The molecule has 0 fully saturated rings. The molecule has 0 amide bonds. The summed E-state index contributed by atoms with van der Waals surface area (Å²) in [5.41, 5.74) is 0. The molecule has 0 rings (SSSR count). The molecule has 0 saturated carbocycles. The van der Waals surface area contributed by atoms with Crippen LogP contribution >= 0.6 is 0 Å². The molecule has 164 valence electrons. The van der Waals surface area contributed by atoms with Crippen molar-refractivity contribution >= 4 is 52.4 Å². The van der Waals surface area contributed by atoms with E-state index in [1.807, 2.05) is 0 Å². The van der Waals surface area contributed by atoms with E-state index in [-0.39, 0.29) is 23.7 Å². The molecule has 0 aliphatic heterocycles. The third-order valence-corrected chi connectivity index (χ3v) is 8.84. The summed E-state index contributed by atoms with van der Waals surface area (Å²) in [6.45, 7) is 0. The maximum atomic E-state index is 11.3. The minimum Gasteiger partial charge on any atom is 0 e. The third kappa shape index (κ3) is 12.0. The Morgan fingerprint density at radius 3 is 0.333 bits per heavy atom. The number of hydrogen-bond donors (Lipinski definition) is 0. The van der Waals surface area contributed by atoms with E-state index in [0.717, 1.165) is 0 Å². The zero-order chi connectivity index (χ0) is 22.2. The van der Waals surface area contributed by atoms with Crippen LogP contribution in [0, 0.1) is 0 Å². The second-order valence-electron chi connectivity index (χ2n) is 3.74. The van der Waals surface area contributed by atoms with Crippen LogP contribution in [-0.4, -0.2) is 82.4 Å². The first-order chi connectivity index (χ1) is 10.7. The van der Waals surface area contributed by atoms with E-state index in [2.05, 4.69) is 0 Å². The molecule has 0 heterocycles. The summed E-state index contributed by atoms with van der Waals surface area (Å²) in [5.74, 6) is 0. The number of alkyl halides is 18. The molecule has 0 bridgehead atoms. The normalized spacial score (nSPS) is 14.7. The summed E-state index contributed by atoms with van der Waals surface area (Å²) >= 11 is -14.2. The van der Waals surface area contributed by atoms with Crippen LogP contribution in [0.25, 0.3) is 0 Å². The average Bonchev–Trinajstić information content (AvgIpc) is 1.97. The molecular weight excluding hydrogens is 687 g/mol. The Kier molecular flexibility index (Phi) is 11.5. The first kappa shape index (κ1) is 32.3. The molecule has 0 aliphatic carbocycles. The maximum absolute atomic E-state index is 11.3. The van der Waals surface area contributed by atoms with Gasteiger partial charge in [0.05, 0.1) is 0 Å². The van der Waals surface area contributed by atoms with Crippen molar-refractivity contribution in [3.63, 3.8) is 0 Å². The van der Waals surface area contributed by atoms with Gasteiger partial charge in [0.2, 0.25) is 0 Å². The molecule has 0 aromatic rings. The number of hydrogen-bond acceptors (Lipinski definition) is 0. The molecule has 0 atom stereocenters. The SMILES string of the molecule is F[C](F)(F)[Ge]([C](F)(F)F)[C](F)(F)F.F[C](F)(F)[Ge]([C](F)(F)F)[C](F)(F)F.[Te]. The maximum Gasteiger partial charge on any atom is 0 e. The summed E-state index contributed by atoms with van der Waals surface area (Å²) in [6, 6.07) is 0. The summed E-state index contributed by atoms with van der Waals surface area (Å²) in [5, 5.41) is -37.2. The molecule has 4 radical (unpaired) electrons.